The number of halogens is 1. The molecule has 2 aromatic rings. The van der Waals surface area contributed by atoms with Crippen LogP contribution in [0.4, 0.5) is 10.2 Å². The van der Waals surface area contributed by atoms with Crippen molar-refractivity contribution in [3.05, 3.63) is 52.7 Å². The molecule has 28 heavy (non-hydrogen) atoms. The minimum absolute atomic E-state index is 0.0151. The van der Waals surface area contributed by atoms with Crippen molar-refractivity contribution in [2.75, 3.05) is 25.0 Å². The van der Waals surface area contributed by atoms with Crippen LogP contribution in [0.1, 0.15) is 47.2 Å². The molecule has 1 atom stereocenters. The number of aryl methyl sites for hydroxylation is 1. The van der Waals surface area contributed by atoms with Gasteiger partial charge in [-0.3, -0.25) is 14.5 Å². The van der Waals surface area contributed by atoms with Crippen LogP contribution in [0.25, 0.3) is 0 Å². The maximum Gasteiger partial charge on any atom is 0.253 e. The molecular formula is C21H23FN4O2. The zero-order chi connectivity index (χ0) is 20.1. The standard InChI is InChI=1S/C21H23FN4O2/c1-13-16-11-17(27)25(3)18(16)24-20(23-13)21(2)8-5-9-26(12-21)19(28)14-6-4-7-15(22)10-14/h4,6-7,10H,5,8-9,11-12H2,1-3H3. The van der Waals surface area contributed by atoms with E-state index in [-0.39, 0.29) is 11.8 Å². The van der Waals surface area contributed by atoms with E-state index < -0.39 is 11.2 Å². The van der Waals surface area contributed by atoms with Crippen molar-refractivity contribution in [2.24, 2.45) is 0 Å². The summed E-state index contributed by atoms with van der Waals surface area (Å²) in [5.74, 6) is 0.733. The van der Waals surface area contributed by atoms with E-state index in [0.29, 0.717) is 36.7 Å². The van der Waals surface area contributed by atoms with Crippen LogP contribution in [0, 0.1) is 12.7 Å². The summed E-state index contributed by atoms with van der Waals surface area (Å²) in [4.78, 5) is 37.7. The molecule has 0 N–H and O–H groups in total. The monoisotopic (exact) mass is 382 g/mol. The summed E-state index contributed by atoms with van der Waals surface area (Å²) in [6, 6.07) is 5.78. The zero-order valence-electron chi connectivity index (χ0n) is 16.3. The van der Waals surface area contributed by atoms with Gasteiger partial charge in [0.05, 0.1) is 6.42 Å². The Labute approximate surface area is 163 Å². The lowest BCUT2D eigenvalue weighted by Gasteiger charge is -2.39. The van der Waals surface area contributed by atoms with Crippen LogP contribution in [-0.4, -0.2) is 46.8 Å². The lowest BCUT2D eigenvalue weighted by atomic mass is 9.80. The molecule has 2 aliphatic rings. The minimum atomic E-state index is -0.423. The van der Waals surface area contributed by atoms with E-state index in [4.69, 9.17) is 9.97 Å². The number of rotatable bonds is 2. The molecule has 1 aromatic carbocycles. The van der Waals surface area contributed by atoms with Crippen LogP contribution in [-0.2, 0) is 16.6 Å². The molecule has 6 nitrogen and oxygen atoms in total. The van der Waals surface area contributed by atoms with E-state index in [2.05, 4.69) is 6.92 Å². The Bertz CT molecular complexity index is 977. The molecule has 0 saturated carbocycles. The summed E-state index contributed by atoms with van der Waals surface area (Å²) >= 11 is 0. The summed E-state index contributed by atoms with van der Waals surface area (Å²) in [5, 5.41) is 0. The number of piperidine rings is 1. The maximum absolute atomic E-state index is 13.5. The van der Waals surface area contributed by atoms with E-state index >= 15 is 0 Å². The van der Waals surface area contributed by atoms with Gasteiger partial charge in [0.15, 0.2) is 0 Å². The van der Waals surface area contributed by atoms with Crippen LogP contribution in [0.5, 0.6) is 0 Å². The number of aromatic nitrogens is 2. The van der Waals surface area contributed by atoms with E-state index in [1.807, 2.05) is 6.92 Å². The van der Waals surface area contributed by atoms with Gasteiger partial charge in [0.25, 0.3) is 5.91 Å². The van der Waals surface area contributed by atoms with Crippen molar-refractivity contribution in [3.63, 3.8) is 0 Å². The summed E-state index contributed by atoms with van der Waals surface area (Å²) in [5.41, 5.74) is 1.62. The molecule has 4 rings (SSSR count). The Morgan fingerprint density at radius 1 is 1.29 bits per heavy atom. The van der Waals surface area contributed by atoms with Gasteiger partial charge in [-0.2, -0.15) is 0 Å². The minimum Gasteiger partial charge on any atom is -0.338 e. The second-order valence-electron chi connectivity index (χ2n) is 7.97. The highest BCUT2D eigenvalue weighted by molar-refractivity contribution is 6.00. The fourth-order valence-electron chi connectivity index (χ4n) is 4.12. The Morgan fingerprint density at radius 3 is 2.82 bits per heavy atom. The third-order valence-corrected chi connectivity index (χ3v) is 5.81. The van der Waals surface area contributed by atoms with Gasteiger partial charge in [0.2, 0.25) is 5.91 Å². The summed E-state index contributed by atoms with van der Waals surface area (Å²) < 4.78 is 13.5. The van der Waals surface area contributed by atoms with Crippen molar-refractivity contribution in [1.82, 2.24) is 14.9 Å². The van der Waals surface area contributed by atoms with Gasteiger partial charge >= 0.3 is 0 Å². The number of nitrogens with zero attached hydrogens (tertiary/aromatic N) is 4. The van der Waals surface area contributed by atoms with Gasteiger partial charge in [-0.1, -0.05) is 13.0 Å². The first-order valence-corrected chi connectivity index (χ1v) is 9.48. The van der Waals surface area contributed by atoms with Crippen LogP contribution in [0.3, 0.4) is 0 Å². The Kier molecular flexibility index (Phi) is 4.40. The van der Waals surface area contributed by atoms with E-state index in [1.165, 1.54) is 12.1 Å². The highest BCUT2D eigenvalue weighted by Gasteiger charge is 2.39. The molecule has 0 aliphatic carbocycles. The van der Waals surface area contributed by atoms with Crippen LogP contribution in [0.15, 0.2) is 24.3 Å². The topological polar surface area (TPSA) is 66.4 Å². The lowest BCUT2D eigenvalue weighted by molar-refractivity contribution is -0.117. The van der Waals surface area contributed by atoms with Crippen molar-refractivity contribution >= 4 is 17.6 Å². The SMILES string of the molecule is Cc1nc(C2(C)CCCN(C(=O)c3cccc(F)c3)C2)nc2c1CC(=O)N2C. The van der Waals surface area contributed by atoms with Gasteiger partial charge in [-0.15, -0.1) is 0 Å². The van der Waals surface area contributed by atoms with Gasteiger partial charge in [-0.05, 0) is 38.0 Å². The Balaban J connectivity index is 1.64. The summed E-state index contributed by atoms with van der Waals surface area (Å²) in [6.07, 6.45) is 1.99. The van der Waals surface area contributed by atoms with Crippen molar-refractivity contribution in [2.45, 2.75) is 38.5 Å². The molecule has 7 heteroatoms. The van der Waals surface area contributed by atoms with Crippen LogP contribution >= 0.6 is 0 Å². The quantitative estimate of drug-likeness (QED) is 0.801. The molecule has 0 spiro atoms. The molecule has 1 saturated heterocycles. The van der Waals surface area contributed by atoms with Gasteiger partial charge < -0.3 is 4.90 Å². The number of hydrogen-bond acceptors (Lipinski definition) is 4. The average molecular weight is 382 g/mol. The van der Waals surface area contributed by atoms with Gasteiger partial charge in [-0.25, -0.2) is 14.4 Å². The smallest absolute Gasteiger partial charge is 0.253 e. The first-order valence-electron chi connectivity index (χ1n) is 9.48. The third kappa shape index (κ3) is 3.04. The normalized spacial score (nSPS) is 21.8. The van der Waals surface area contributed by atoms with Crippen molar-refractivity contribution in [3.8, 4) is 0 Å². The molecular weight excluding hydrogens is 359 g/mol. The number of amides is 2. The second-order valence-corrected chi connectivity index (χ2v) is 7.97. The van der Waals surface area contributed by atoms with E-state index in [9.17, 15) is 14.0 Å². The summed E-state index contributed by atoms with van der Waals surface area (Å²) in [7, 11) is 1.73. The molecule has 0 bridgehead atoms. The van der Waals surface area contributed by atoms with Crippen molar-refractivity contribution in [1.29, 1.82) is 0 Å². The second kappa shape index (κ2) is 6.65. The van der Waals surface area contributed by atoms with Gasteiger partial charge in [0, 0.05) is 42.4 Å². The van der Waals surface area contributed by atoms with E-state index in [0.717, 1.165) is 24.1 Å². The molecule has 1 fully saturated rings. The van der Waals surface area contributed by atoms with E-state index in [1.54, 1.807) is 29.0 Å². The number of benzene rings is 1. The number of carbonyl (C=O) groups is 2. The first kappa shape index (κ1) is 18.5. The number of likely N-dealkylation sites (tertiary alicyclic amines) is 1. The van der Waals surface area contributed by atoms with Crippen LogP contribution < -0.4 is 4.90 Å². The largest absolute Gasteiger partial charge is 0.338 e. The fraction of sp³-hybridized carbons (Fsp3) is 0.429. The molecule has 0 radical (unpaired) electrons. The third-order valence-electron chi connectivity index (χ3n) is 5.81. The predicted molar refractivity (Wildman–Crippen MR) is 103 cm³/mol. The van der Waals surface area contributed by atoms with Gasteiger partial charge in [0.1, 0.15) is 17.5 Å². The molecule has 3 heterocycles. The molecule has 1 unspecified atom stereocenters. The number of hydrogen-bond donors (Lipinski definition) is 0. The first-order chi connectivity index (χ1) is 13.3. The fourth-order valence-corrected chi connectivity index (χ4v) is 4.12. The Morgan fingerprint density at radius 2 is 2.07 bits per heavy atom. The zero-order valence-corrected chi connectivity index (χ0v) is 16.3. The van der Waals surface area contributed by atoms with Crippen molar-refractivity contribution < 1.29 is 14.0 Å². The molecule has 2 aliphatic heterocycles. The lowest BCUT2D eigenvalue weighted by Crippen LogP contribution is -2.48. The van der Waals surface area contributed by atoms with Crippen LogP contribution in [0.2, 0.25) is 0 Å². The number of anilines is 1. The number of likely N-dealkylation sites (N-methyl/N-ethyl adjacent to an activating group) is 1. The molecule has 1 aromatic heterocycles. The predicted octanol–water partition coefficient (Wildman–Crippen LogP) is 2.64. The number of carbonyl (C=O) groups excluding carboxylic acids is 2. The highest BCUT2D eigenvalue weighted by Crippen LogP contribution is 2.36. The molecule has 2 amide bonds. The number of fused-ring (bicyclic) bond motifs is 1. The maximum atomic E-state index is 13.5. The Hall–Kier alpha value is -2.83. The molecule has 146 valence electrons. The highest BCUT2D eigenvalue weighted by atomic mass is 19.1. The summed E-state index contributed by atoms with van der Waals surface area (Å²) in [6.45, 7) is 5.03. The average Bonchev–Trinajstić information content (AvgIpc) is 2.96.